The van der Waals surface area contributed by atoms with Crippen LogP contribution in [0.15, 0.2) is 24.3 Å². The second-order valence-electron chi connectivity index (χ2n) is 6.22. The maximum Gasteiger partial charge on any atom is 0.0652 e. The second kappa shape index (κ2) is 8.52. The summed E-state index contributed by atoms with van der Waals surface area (Å²) in [6.07, 6.45) is 0. The van der Waals surface area contributed by atoms with E-state index in [-0.39, 0.29) is 12.1 Å². The second-order valence-corrected chi connectivity index (χ2v) is 6.22. The third kappa shape index (κ3) is 5.10. The van der Waals surface area contributed by atoms with Gasteiger partial charge in [0, 0.05) is 13.1 Å². The van der Waals surface area contributed by atoms with Crippen LogP contribution in [0.2, 0.25) is 0 Å². The van der Waals surface area contributed by atoms with E-state index in [2.05, 4.69) is 69.1 Å². The fourth-order valence-electron chi connectivity index (χ4n) is 2.51. The highest BCUT2D eigenvalue weighted by atomic mass is 16.3. The van der Waals surface area contributed by atoms with Gasteiger partial charge in [-0.15, -0.1) is 0 Å². The maximum absolute atomic E-state index is 9.82. The highest BCUT2D eigenvalue weighted by molar-refractivity contribution is 5.29. The Morgan fingerprint density at radius 3 is 2.14 bits per heavy atom. The number of hydrogen-bond donors (Lipinski definition) is 2. The summed E-state index contributed by atoms with van der Waals surface area (Å²) in [7, 11) is 0. The van der Waals surface area contributed by atoms with Gasteiger partial charge in [0.1, 0.15) is 0 Å². The summed E-state index contributed by atoms with van der Waals surface area (Å²) >= 11 is 0. The van der Waals surface area contributed by atoms with E-state index in [0.29, 0.717) is 5.92 Å². The van der Waals surface area contributed by atoms with Crippen LogP contribution in [-0.2, 0) is 5.54 Å². The van der Waals surface area contributed by atoms with Crippen molar-refractivity contribution in [3.05, 3.63) is 35.4 Å². The maximum atomic E-state index is 9.82. The molecule has 0 spiro atoms. The van der Waals surface area contributed by atoms with Crippen molar-refractivity contribution in [1.29, 1.82) is 0 Å². The first-order chi connectivity index (χ1) is 9.96. The molecule has 1 rings (SSSR count). The van der Waals surface area contributed by atoms with Crippen molar-refractivity contribution in [3.63, 3.8) is 0 Å². The minimum Gasteiger partial charge on any atom is -0.394 e. The number of aliphatic hydroxyl groups is 1. The van der Waals surface area contributed by atoms with Gasteiger partial charge in [0.2, 0.25) is 0 Å². The van der Waals surface area contributed by atoms with Gasteiger partial charge >= 0.3 is 0 Å². The number of nitrogens with zero attached hydrogens (tertiary/aromatic N) is 1. The third-order valence-electron chi connectivity index (χ3n) is 4.37. The van der Waals surface area contributed by atoms with Gasteiger partial charge in [-0.3, -0.25) is 0 Å². The molecule has 0 radical (unpaired) electrons. The first-order valence-corrected chi connectivity index (χ1v) is 8.15. The monoisotopic (exact) mass is 292 g/mol. The molecule has 0 bridgehead atoms. The van der Waals surface area contributed by atoms with E-state index in [4.69, 9.17) is 0 Å². The van der Waals surface area contributed by atoms with Gasteiger partial charge in [0.25, 0.3) is 0 Å². The predicted molar refractivity (Wildman–Crippen MR) is 90.8 cm³/mol. The van der Waals surface area contributed by atoms with Crippen molar-refractivity contribution in [2.24, 2.45) is 0 Å². The summed E-state index contributed by atoms with van der Waals surface area (Å²) in [6, 6.07) is 8.60. The van der Waals surface area contributed by atoms with Crippen LogP contribution in [0.4, 0.5) is 0 Å². The lowest BCUT2D eigenvalue weighted by molar-refractivity contribution is 0.168. The Hall–Kier alpha value is -0.900. The lowest BCUT2D eigenvalue weighted by atomic mass is 9.90. The molecular weight excluding hydrogens is 260 g/mol. The molecule has 0 heterocycles. The molecule has 0 saturated carbocycles. The lowest BCUT2D eigenvalue weighted by Gasteiger charge is -2.31. The fraction of sp³-hybridized carbons (Fsp3) is 0.667. The number of benzene rings is 1. The zero-order valence-corrected chi connectivity index (χ0v) is 14.3. The number of likely N-dealkylation sites (N-methyl/N-ethyl adjacent to an activating group) is 1. The average Bonchev–Trinajstić information content (AvgIpc) is 2.51. The summed E-state index contributed by atoms with van der Waals surface area (Å²) in [5.74, 6) is 0.537. The molecule has 0 fully saturated rings. The summed E-state index contributed by atoms with van der Waals surface area (Å²) in [5, 5.41) is 13.3. The first-order valence-electron chi connectivity index (χ1n) is 8.15. The number of rotatable bonds is 9. The minimum atomic E-state index is -0.372. The standard InChI is InChI=1S/C18H32N2O/c1-6-20(7-2)13-12-19-18(5,14-21)17-10-8-16(9-11-17)15(3)4/h8-11,15,19,21H,6-7,12-14H2,1-5H3. The van der Waals surface area contributed by atoms with Crippen LogP contribution >= 0.6 is 0 Å². The Morgan fingerprint density at radius 1 is 1.14 bits per heavy atom. The van der Waals surface area contributed by atoms with E-state index in [0.717, 1.165) is 31.7 Å². The molecule has 1 aromatic carbocycles. The third-order valence-corrected chi connectivity index (χ3v) is 4.37. The largest absolute Gasteiger partial charge is 0.394 e. The van der Waals surface area contributed by atoms with Crippen LogP contribution in [-0.4, -0.2) is 42.8 Å². The van der Waals surface area contributed by atoms with Gasteiger partial charge in [-0.1, -0.05) is 52.0 Å². The number of aliphatic hydroxyl groups excluding tert-OH is 1. The lowest BCUT2D eigenvalue weighted by Crippen LogP contribution is -2.46. The zero-order valence-electron chi connectivity index (χ0n) is 14.3. The van der Waals surface area contributed by atoms with E-state index in [1.54, 1.807) is 0 Å². The molecule has 21 heavy (non-hydrogen) atoms. The van der Waals surface area contributed by atoms with Crippen molar-refractivity contribution >= 4 is 0 Å². The molecule has 0 amide bonds. The summed E-state index contributed by atoms with van der Waals surface area (Å²) in [4.78, 5) is 2.38. The van der Waals surface area contributed by atoms with E-state index in [1.165, 1.54) is 5.56 Å². The highest BCUT2D eigenvalue weighted by Gasteiger charge is 2.25. The molecular formula is C18H32N2O. The Morgan fingerprint density at radius 2 is 1.71 bits per heavy atom. The molecule has 0 aliphatic heterocycles. The molecule has 0 aliphatic rings. The molecule has 2 N–H and O–H groups in total. The fourth-order valence-corrected chi connectivity index (χ4v) is 2.51. The van der Waals surface area contributed by atoms with Crippen LogP contribution < -0.4 is 5.32 Å². The average molecular weight is 292 g/mol. The van der Waals surface area contributed by atoms with Crippen molar-refractivity contribution in [2.75, 3.05) is 32.8 Å². The topological polar surface area (TPSA) is 35.5 Å². The molecule has 1 atom stereocenters. The smallest absolute Gasteiger partial charge is 0.0652 e. The molecule has 120 valence electrons. The Kier molecular flexibility index (Phi) is 7.36. The quantitative estimate of drug-likeness (QED) is 0.734. The van der Waals surface area contributed by atoms with Gasteiger partial charge in [0.05, 0.1) is 12.1 Å². The Balaban J connectivity index is 2.70. The highest BCUT2D eigenvalue weighted by Crippen LogP contribution is 2.23. The van der Waals surface area contributed by atoms with Gasteiger partial charge < -0.3 is 15.3 Å². The predicted octanol–water partition coefficient (Wildman–Crippen LogP) is 2.95. The van der Waals surface area contributed by atoms with Crippen LogP contribution in [0.5, 0.6) is 0 Å². The Labute approximate surface area is 130 Å². The van der Waals surface area contributed by atoms with Crippen LogP contribution in [0.25, 0.3) is 0 Å². The van der Waals surface area contributed by atoms with E-state index >= 15 is 0 Å². The molecule has 1 aromatic rings. The summed E-state index contributed by atoms with van der Waals surface area (Å²) in [6.45, 7) is 14.9. The Bertz CT molecular complexity index is 398. The van der Waals surface area contributed by atoms with E-state index < -0.39 is 0 Å². The van der Waals surface area contributed by atoms with Crippen LogP contribution in [0.3, 0.4) is 0 Å². The van der Waals surface area contributed by atoms with E-state index in [9.17, 15) is 5.11 Å². The van der Waals surface area contributed by atoms with Crippen molar-refractivity contribution in [2.45, 2.75) is 46.1 Å². The molecule has 3 nitrogen and oxygen atoms in total. The van der Waals surface area contributed by atoms with Gasteiger partial charge in [-0.2, -0.15) is 0 Å². The first kappa shape index (κ1) is 18.1. The molecule has 3 heteroatoms. The van der Waals surface area contributed by atoms with Crippen molar-refractivity contribution < 1.29 is 5.11 Å². The summed E-state index contributed by atoms with van der Waals surface area (Å²) in [5.41, 5.74) is 2.11. The molecule has 0 saturated heterocycles. The number of hydrogen-bond acceptors (Lipinski definition) is 3. The van der Waals surface area contributed by atoms with E-state index in [1.807, 2.05) is 0 Å². The molecule has 1 unspecified atom stereocenters. The zero-order chi connectivity index (χ0) is 15.9. The van der Waals surface area contributed by atoms with Crippen LogP contribution in [0, 0.1) is 0 Å². The minimum absolute atomic E-state index is 0.103. The van der Waals surface area contributed by atoms with Gasteiger partial charge in [-0.05, 0) is 37.1 Å². The van der Waals surface area contributed by atoms with Gasteiger partial charge in [-0.25, -0.2) is 0 Å². The van der Waals surface area contributed by atoms with Crippen molar-refractivity contribution in [3.8, 4) is 0 Å². The molecule has 0 aliphatic carbocycles. The molecule has 0 aromatic heterocycles. The van der Waals surface area contributed by atoms with Crippen molar-refractivity contribution in [1.82, 2.24) is 10.2 Å². The van der Waals surface area contributed by atoms with Gasteiger partial charge in [0.15, 0.2) is 0 Å². The summed E-state index contributed by atoms with van der Waals surface area (Å²) < 4.78 is 0. The SMILES string of the molecule is CCN(CC)CCNC(C)(CO)c1ccc(C(C)C)cc1. The normalized spacial score (nSPS) is 14.7. The van der Waals surface area contributed by atoms with Crippen LogP contribution in [0.1, 0.15) is 51.7 Å². The number of nitrogens with one attached hydrogen (secondary N) is 1.